The monoisotopic (exact) mass is 342 g/mol. The molecule has 1 aromatic heterocycles. The second kappa shape index (κ2) is 6.46. The van der Waals surface area contributed by atoms with Crippen LogP contribution in [0.3, 0.4) is 0 Å². The summed E-state index contributed by atoms with van der Waals surface area (Å²) in [6.45, 7) is 0. The summed E-state index contributed by atoms with van der Waals surface area (Å²) in [5, 5.41) is 3.23. The summed E-state index contributed by atoms with van der Waals surface area (Å²) in [5.41, 5.74) is 1.60. The number of rotatable bonds is 4. The Morgan fingerprint density at radius 2 is 2.21 bits per heavy atom. The van der Waals surface area contributed by atoms with E-state index >= 15 is 0 Å². The molecule has 0 saturated carbocycles. The Kier molecular flexibility index (Phi) is 4.91. The summed E-state index contributed by atoms with van der Waals surface area (Å²) in [7, 11) is 1.80. The van der Waals surface area contributed by atoms with Crippen LogP contribution in [-0.2, 0) is 6.42 Å². The molecule has 0 spiro atoms. The average Bonchev–Trinajstić information content (AvgIpc) is 2.44. The highest BCUT2D eigenvalue weighted by Gasteiger charge is 2.18. The van der Waals surface area contributed by atoms with Crippen molar-refractivity contribution in [3.05, 3.63) is 63.1 Å². The van der Waals surface area contributed by atoms with E-state index in [0.717, 1.165) is 5.56 Å². The van der Waals surface area contributed by atoms with Crippen LogP contribution < -0.4 is 5.32 Å². The van der Waals surface area contributed by atoms with Gasteiger partial charge in [-0.3, -0.25) is 4.98 Å². The minimum atomic E-state index is -0.390. The van der Waals surface area contributed by atoms with E-state index in [1.807, 2.05) is 12.1 Å². The summed E-state index contributed by atoms with van der Waals surface area (Å²) in [6.07, 6.45) is 4.15. The standard InChI is InChI=1S/C14H13BrClFN2/c1-18-12(7-9-3-2-6-19-8-9)10-4-5-11(15)13(16)14(10)17/h2-6,8,12,18H,7H2,1H3. The Hall–Kier alpha value is -0.970. The second-order valence-corrected chi connectivity index (χ2v) is 5.40. The highest BCUT2D eigenvalue weighted by Crippen LogP contribution is 2.31. The number of aromatic nitrogens is 1. The Morgan fingerprint density at radius 1 is 1.42 bits per heavy atom. The number of benzene rings is 1. The van der Waals surface area contributed by atoms with Crippen molar-refractivity contribution in [3.8, 4) is 0 Å². The van der Waals surface area contributed by atoms with Crippen molar-refractivity contribution in [3.63, 3.8) is 0 Å². The minimum Gasteiger partial charge on any atom is -0.313 e. The van der Waals surface area contributed by atoms with Crippen LogP contribution in [0.1, 0.15) is 17.2 Å². The van der Waals surface area contributed by atoms with Gasteiger partial charge in [-0.05, 0) is 47.1 Å². The summed E-state index contributed by atoms with van der Waals surface area (Å²) >= 11 is 9.14. The van der Waals surface area contributed by atoms with E-state index in [-0.39, 0.29) is 16.9 Å². The smallest absolute Gasteiger partial charge is 0.147 e. The first-order chi connectivity index (χ1) is 9.13. The van der Waals surface area contributed by atoms with Crippen molar-refractivity contribution in [2.75, 3.05) is 7.05 Å². The molecule has 1 unspecified atom stereocenters. The number of likely N-dealkylation sites (N-methyl/N-ethyl adjacent to an activating group) is 1. The molecule has 1 aromatic carbocycles. The van der Waals surface area contributed by atoms with E-state index in [1.54, 1.807) is 31.6 Å². The predicted molar refractivity (Wildman–Crippen MR) is 78.9 cm³/mol. The molecule has 2 aromatic rings. The Morgan fingerprint density at radius 3 is 2.84 bits per heavy atom. The van der Waals surface area contributed by atoms with E-state index in [2.05, 4.69) is 26.2 Å². The molecular weight excluding hydrogens is 331 g/mol. The average molecular weight is 344 g/mol. The SMILES string of the molecule is CNC(Cc1cccnc1)c1ccc(Br)c(Cl)c1F. The molecule has 0 amide bonds. The van der Waals surface area contributed by atoms with Gasteiger partial charge in [0.25, 0.3) is 0 Å². The van der Waals surface area contributed by atoms with Crippen LogP contribution in [0.15, 0.2) is 41.1 Å². The highest BCUT2D eigenvalue weighted by molar-refractivity contribution is 9.10. The van der Waals surface area contributed by atoms with Gasteiger partial charge in [-0.2, -0.15) is 0 Å². The topological polar surface area (TPSA) is 24.9 Å². The maximum Gasteiger partial charge on any atom is 0.147 e. The van der Waals surface area contributed by atoms with E-state index in [1.165, 1.54) is 0 Å². The Labute approximate surface area is 125 Å². The minimum absolute atomic E-state index is 0.115. The molecule has 0 saturated heterocycles. The van der Waals surface area contributed by atoms with Crippen LogP contribution in [0.25, 0.3) is 0 Å². The molecule has 0 aliphatic carbocycles. The second-order valence-electron chi connectivity index (χ2n) is 4.17. The summed E-state index contributed by atoms with van der Waals surface area (Å²) in [6, 6.07) is 7.19. The normalized spacial score (nSPS) is 12.4. The molecule has 1 heterocycles. The first-order valence-corrected chi connectivity index (χ1v) is 7.00. The lowest BCUT2D eigenvalue weighted by atomic mass is 9.99. The van der Waals surface area contributed by atoms with Gasteiger partial charge in [0.15, 0.2) is 0 Å². The number of hydrogen-bond acceptors (Lipinski definition) is 2. The molecule has 0 aliphatic heterocycles. The van der Waals surface area contributed by atoms with Gasteiger partial charge in [0, 0.05) is 28.5 Å². The van der Waals surface area contributed by atoms with Crippen molar-refractivity contribution in [1.82, 2.24) is 10.3 Å². The maximum absolute atomic E-state index is 14.2. The third-order valence-corrected chi connectivity index (χ3v) is 4.21. The van der Waals surface area contributed by atoms with Crippen LogP contribution in [0.5, 0.6) is 0 Å². The quantitative estimate of drug-likeness (QED) is 0.844. The zero-order valence-electron chi connectivity index (χ0n) is 10.3. The van der Waals surface area contributed by atoms with Crippen LogP contribution in [0, 0.1) is 5.82 Å². The van der Waals surface area contributed by atoms with E-state index in [0.29, 0.717) is 16.5 Å². The molecule has 0 fully saturated rings. The number of nitrogens with zero attached hydrogens (tertiary/aromatic N) is 1. The van der Waals surface area contributed by atoms with Gasteiger partial charge in [0.1, 0.15) is 5.82 Å². The van der Waals surface area contributed by atoms with E-state index in [9.17, 15) is 4.39 Å². The number of halogens is 3. The fraction of sp³-hybridized carbons (Fsp3) is 0.214. The molecule has 2 nitrogen and oxygen atoms in total. The van der Waals surface area contributed by atoms with Crippen molar-refractivity contribution in [2.24, 2.45) is 0 Å². The van der Waals surface area contributed by atoms with Crippen molar-refractivity contribution < 1.29 is 4.39 Å². The van der Waals surface area contributed by atoms with E-state index < -0.39 is 0 Å². The lowest BCUT2D eigenvalue weighted by Crippen LogP contribution is -2.20. The van der Waals surface area contributed by atoms with Crippen molar-refractivity contribution in [1.29, 1.82) is 0 Å². The Bertz CT molecular complexity index is 563. The fourth-order valence-corrected chi connectivity index (χ4v) is 2.41. The first-order valence-electron chi connectivity index (χ1n) is 5.83. The lowest BCUT2D eigenvalue weighted by molar-refractivity contribution is 0.533. The predicted octanol–water partition coefficient (Wildman–Crippen LogP) is 4.14. The summed E-state index contributed by atoms with van der Waals surface area (Å²) in [5.74, 6) is -0.390. The first kappa shape index (κ1) is 14.4. The molecule has 100 valence electrons. The van der Waals surface area contributed by atoms with E-state index in [4.69, 9.17) is 11.6 Å². The van der Waals surface area contributed by atoms with Crippen LogP contribution in [0.2, 0.25) is 5.02 Å². The third-order valence-electron chi connectivity index (χ3n) is 2.95. The van der Waals surface area contributed by atoms with Crippen LogP contribution in [-0.4, -0.2) is 12.0 Å². The Balaban J connectivity index is 2.30. The zero-order chi connectivity index (χ0) is 13.8. The van der Waals surface area contributed by atoms with Crippen LogP contribution in [0.4, 0.5) is 4.39 Å². The van der Waals surface area contributed by atoms with Gasteiger partial charge in [-0.1, -0.05) is 23.7 Å². The van der Waals surface area contributed by atoms with Crippen molar-refractivity contribution >= 4 is 27.5 Å². The number of hydrogen-bond donors (Lipinski definition) is 1. The maximum atomic E-state index is 14.2. The number of pyridine rings is 1. The zero-order valence-corrected chi connectivity index (χ0v) is 12.7. The largest absolute Gasteiger partial charge is 0.313 e. The van der Waals surface area contributed by atoms with Crippen LogP contribution >= 0.6 is 27.5 Å². The molecule has 2 rings (SSSR count). The molecule has 1 N–H and O–H groups in total. The van der Waals surface area contributed by atoms with Gasteiger partial charge < -0.3 is 5.32 Å². The summed E-state index contributed by atoms with van der Waals surface area (Å²) in [4.78, 5) is 4.06. The third kappa shape index (κ3) is 3.32. The van der Waals surface area contributed by atoms with Gasteiger partial charge in [0.05, 0.1) is 5.02 Å². The lowest BCUT2D eigenvalue weighted by Gasteiger charge is -2.18. The fourth-order valence-electron chi connectivity index (χ4n) is 1.93. The molecule has 5 heteroatoms. The molecular formula is C14H13BrClFN2. The highest BCUT2D eigenvalue weighted by atomic mass is 79.9. The molecule has 19 heavy (non-hydrogen) atoms. The van der Waals surface area contributed by atoms with Gasteiger partial charge >= 0.3 is 0 Å². The molecule has 1 atom stereocenters. The van der Waals surface area contributed by atoms with Crippen molar-refractivity contribution in [2.45, 2.75) is 12.5 Å². The molecule has 0 aliphatic rings. The molecule has 0 bridgehead atoms. The summed E-state index contributed by atoms with van der Waals surface area (Å²) < 4.78 is 14.7. The number of nitrogens with one attached hydrogen (secondary N) is 1. The van der Waals surface area contributed by atoms with Gasteiger partial charge in [-0.15, -0.1) is 0 Å². The van der Waals surface area contributed by atoms with Gasteiger partial charge in [-0.25, -0.2) is 4.39 Å². The molecule has 0 radical (unpaired) electrons. The van der Waals surface area contributed by atoms with Gasteiger partial charge in [0.2, 0.25) is 0 Å².